The van der Waals surface area contributed by atoms with Gasteiger partial charge in [-0.3, -0.25) is 4.79 Å². The second-order valence-electron chi connectivity index (χ2n) is 7.28. The van der Waals surface area contributed by atoms with Crippen LogP contribution in [0.4, 0.5) is 5.69 Å². The zero-order chi connectivity index (χ0) is 21.8. The third-order valence-electron chi connectivity index (χ3n) is 5.18. The zero-order valence-electron chi connectivity index (χ0n) is 17.4. The molecule has 0 aliphatic heterocycles. The summed E-state index contributed by atoms with van der Waals surface area (Å²) in [6.07, 6.45) is 1.38. The average molecular weight is 495 g/mol. The summed E-state index contributed by atoms with van der Waals surface area (Å²) in [5.41, 5.74) is 1.99. The van der Waals surface area contributed by atoms with E-state index in [2.05, 4.69) is 67.8 Å². The molecule has 7 heteroatoms. The molecule has 0 saturated carbocycles. The van der Waals surface area contributed by atoms with E-state index < -0.39 is 0 Å². The van der Waals surface area contributed by atoms with Crippen LogP contribution in [0.1, 0.15) is 24.7 Å². The Kier molecular flexibility index (Phi) is 6.73. The van der Waals surface area contributed by atoms with Crippen LogP contribution in [0.2, 0.25) is 0 Å². The van der Waals surface area contributed by atoms with E-state index in [1.54, 1.807) is 0 Å². The maximum atomic E-state index is 12.8. The van der Waals surface area contributed by atoms with Gasteiger partial charge in [0.1, 0.15) is 5.82 Å². The second kappa shape index (κ2) is 9.66. The van der Waals surface area contributed by atoms with E-state index in [1.807, 2.05) is 48.9 Å². The first-order valence-electron chi connectivity index (χ1n) is 10.1. The molecule has 0 bridgehead atoms. The smallest absolute Gasteiger partial charge is 0.237 e. The van der Waals surface area contributed by atoms with Gasteiger partial charge in [-0.05, 0) is 47.0 Å². The standard InChI is InChI=1S/C24H23BrN4OS/c1-3-21(23(30)26-19-13-11-18(25)12-14-19)31-24-28-27-22(29(24)2)15-17-9-6-8-16-7-4-5-10-20(16)17/h4-14,21H,3,15H2,1-2H3,(H,26,30)/t21-/m1/s1. The first kappa shape index (κ1) is 21.6. The van der Waals surface area contributed by atoms with Crippen LogP contribution < -0.4 is 5.32 Å². The highest BCUT2D eigenvalue weighted by Gasteiger charge is 2.22. The largest absolute Gasteiger partial charge is 0.325 e. The molecule has 4 rings (SSSR count). The van der Waals surface area contributed by atoms with Crippen molar-refractivity contribution in [2.45, 2.75) is 30.2 Å². The van der Waals surface area contributed by atoms with Crippen LogP contribution in [0.5, 0.6) is 0 Å². The molecule has 0 aliphatic carbocycles. The van der Waals surface area contributed by atoms with Crippen molar-refractivity contribution in [1.82, 2.24) is 14.8 Å². The summed E-state index contributed by atoms with van der Waals surface area (Å²) in [6.45, 7) is 2.01. The molecule has 5 nitrogen and oxygen atoms in total. The minimum atomic E-state index is -0.253. The molecule has 31 heavy (non-hydrogen) atoms. The second-order valence-corrected chi connectivity index (χ2v) is 9.37. The molecule has 158 valence electrons. The topological polar surface area (TPSA) is 59.8 Å². The molecule has 0 radical (unpaired) electrons. The molecule has 1 aromatic heterocycles. The van der Waals surface area contributed by atoms with Crippen molar-refractivity contribution in [2.24, 2.45) is 7.05 Å². The Bertz CT molecular complexity index is 1200. The van der Waals surface area contributed by atoms with Crippen molar-refractivity contribution in [3.63, 3.8) is 0 Å². The van der Waals surface area contributed by atoms with Gasteiger partial charge in [0.2, 0.25) is 5.91 Å². The van der Waals surface area contributed by atoms with Crippen molar-refractivity contribution in [3.8, 4) is 0 Å². The minimum absolute atomic E-state index is 0.0339. The normalized spacial score (nSPS) is 12.1. The lowest BCUT2D eigenvalue weighted by Gasteiger charge is -2.14. The maximum Gasteiger partial charge on any atom is 0.237 e. The molecular formula is C24H23BrN4OS. The Morgan fingerprint density at radius 1 is 1.06 bits per heavy atom. The summed E-state index contributed by atoms with van der Waals surface area (Å²) in [5, 5.41) is 14.7. The number of carbonyl (C=O) groups excluding carboxylic acids is 1. The van der Waals surface area contributed by atoms with E-state index in [9.17, 15) is 4.79 Å². The number of thioether (sulfide) groups is 1. The number of benzene rings is 3. The van der Waals surface area contributed by atoms with Crippen LogP contribution in [-0.4, -0.2) is 25.9 Å². The number of nitrogens with zero attached hydrogens (tertiary/aromatic N) is 3. The maximum absolute atomic E-state index is 12.8. The first-order chi connectivity index (χ1) is 15.0. The molecule has 0 fully saturated rings. The first-order valence-corrected chi connectivity index (χ1v) is 11.8. The minimum Gasteiger partial charge on any atom is -0.325 e. The van der Waals surface area contributed by atoms with Gasteiger partial charge in [-0.15, -0.1) is 10.2 Å². The highest BCUT2D eigenvalue weighted by atomic mass is 79.9. The summed E-state index contributed by atoms with van der Waals surface area (Å²) in [4.78, 5) is 12.8. The van der Waals surface area contributed by atoms with Crippen molar-refractivity contribution in [1.29, 1.82) is 0 Å². The third kappa shape index (κ3) is 4.99. The molecule has 4 aromatic rings. The van der Waals surface area contributed by atoms with Gasteiger partial charge in [-0.25, -0.2) is 0 Å². The van der Waals surface area contributed by atoms with Gasteiger partial charge in [0.05, 0.1) is 5.25 Å². The summed E-state index contributed by atoms with van der Waals surface area (Å²) in [7, 11) is 1.96. The number of amides is 1. The Hall–Kier alpha value is -2.64. The fourth-order valence-corrected chi connectivity index (χ4v) is 4.63. The van der Waals surface area contributed by atoms with E-state index >= 15 is 0 Å². The highest BCUT2D eigenvalue weighted by molar-refractivity contribution is 9.10. The van der Waals surface area contributed by atoms with Crippen LogP contribution in [0.15, 0.2) is 76.4 Å². The lowest BCUT2D eigenvalue weighted by molar-refractivity contribution is -0.115. The van der Waals surface area contributed by atoms with Gasteiger partial charge < -0.3 is 9.88 Å². The highest BCUT2D eigenvalue weighted by Crippen LogP contribution is 2.27. The number of halogens is 1. The zero-order valence-corrected chi connectivity index (χ0v) is 19.8. The summed E-state index contributed by atoms with van der Waals surface area (Å²) >= 11 is 4.86. The Morgan fingerprint density at radius 3 is 2.58 bits per heavy atom. The van der Waals surface area contributed by atoms with Crippen LogP contribution in [0, 0.1) is 0 Å². The van der Waals surface area contributed by atoms with Gasteiger partial charge in [0, 0.05) is 23.6 Å². The Labute approximate surface area is 194 Å². The van der Waals surface area contributed by atoms with Crippen molar-refractivity contribution < 1.29 is 4.79 Å². The number of aromatic nitrogens is 3. The van der Waals surface area contributed by atoms with Crippen LogP contribution in [0.3, 0.4) is 0 Å². The van der Waals surface area contributed by atoms with Crippen LogP contribution in [0.25, 0.3) is 10.8 Å². The summed E-state index contributed by atoms with van der Waals surface area (Å²) in [6, 6.07) is 22.3. The van der Waals surface area contributed by atoms with Gasteiger partial charge in [-0.2, -0.15) is 0 Å². The number of anilines is 1. The van der Waals surface area contributed by atoms with Crippen molar-refractivity contribution in [3.05, 3.63) is 82.6 Å². The predicted octanol–water partition coefficient (Wildman–Crippen LogP) is 5.83. The van der Waals surface area contributed by atoms with E-state index in [-0.39, 0.29) is 11.2 Å². The summed E-state index contributed by atoms with van der Waals surface area (Å²) in [5.74, 6) is 0.843. The predicted molar refractivity (Wildman–Crippen MR) is 130 cm³/mol. The van der Waals surface area contributed by atoms with Crippen LogP contribution in [-0.2, 0) is 18.3 Å². The molecule has 1 atom stereocenters. The molecule has 1 amide bonds. The molecule has 1 N–H and O–H groups in total. The Morgan fingerprint density at radius 2 is 1.81 bits per heavy atom. The third-order valence-corrected chi connectivity index (χ3v) is 7.10. The molecule has 0 spiro atoms. The molecule has 0 aliphatic rings. The van der Waals surface area contributed by atoms with E-state index in [4.69, 9.17) is 0 Å². The van der Waals surface area contributed by atoms with Gasteiger partial charge in [-0.1, -0.05) is 77.1 Å². The lowest BCUT2D eigenvalue weighted by atomic mass is 10.0. The number of nitrogens with one attached hydrogen (secondary N) is 1. The summed E-state index contributed by atoms with van der Waals surface area (Å²) < 4.78 is 2.96. The number of rotatable bonds is 7. The van der Waals surface area contributed by atoms with Gasteiger partial charge >= 0.3 is 0 Å². The van der Waals surface area contributed by atoms with Gasteiger partial charge in [0.15, 0.2) is 5.16 Å². The quantitative estimate of drug-likeness (QED) is 0.328. The fraction of sp³-hybridized carbons (Fsp3) is 0.208. The number of hydrogen-bond acceptors (Lipinski definition) is 4. The lowest BCUT2D eigenvalue weighted by Crippen LogP contribution is -2.25. The number of carbonyl (C=O) groups is 1. The molecule has 0 saturated heterocycles. The number of fused-ring (bicyclic) bond motifs is 1. The number of hydrogen-bond donors (Lipinski definition) is 1. The van der Waals surface area contributed by atoms with Gasteiger partial charge in [0.25, 0.3) is 0 Å². The molecular weight excluding hydrogens is 472 g/mol. The van der Waals surface area contributed by atoms with E-state index in [0.29, 0.717) is 12.8 Å². The van der Waals surface area contributed by atoms with E-state index in [1.165, 1.54) is 28.1 Å². The van der Waals surface area contributed by atoms with Crippen molar-refractivity contribution in [2.75, 3.05) is 5.32 Å². The molecule has 3 aromatic carbocycles. The average Bonchev–Trinajstić information content (AvgIpc) is 3.13. The Balaban J connectivity index is 1.49. The monoisotopic (exact) mass is 494 g/mol. The molecule has 0 unspecified atom stereocenters. The van der Waals surface area contributed by atoms with Crippen molar-refractivity contribution >= 4 is 50.1 Å². The van der Waals surface area contributed by atoms with E-state index in [0.717, 1.165) is 21.1 Å². The SMILES string of the molecule is CC[C@@H](Sc1nnc(Cc2cccc3ccccc23)n1C)C(=O)Nc1ccc(Br)cc1. The van der Waals surface area contributed by atoms with Crippen LogP contribution >= 0.6 is 27.7 Å². The molecule has 1 heterocycles. The fourth-order valence-electron chi connectivity index (χ4n) is 3.42.